The zero-order chi connectivity index (χ0) is 22.4. The maximum Gasteiger partial charge on any atom is 0.329 e. The van der Waals surface area contributed by atoms with Gasteiger partial charge in [0.05, 0.1) is 19.7 Å². The summed E-state index contributed by atoms with van der Waals surface area (Å²) < 4.78 is 4.79. The van der Waals surface area contributed by atoms with Gasteiger partial charge in [-0.1, -0.05) is 37.3 Å². The number of hydrogen-bond donors (Lipinski definition) is 3. The predicted octanol–water partition coefficient (Wildman–Crippen LogP) is 0.507. The maximum atomic E-state index is 12.6. The maximum absolute atomic E-state index is 12.6. The molecule has 0 saturated carbocycles. The topological polar surface area (TPSA) is 139 Å². The van der Waals surface area contributed by atoms with E-state index in [1.807, 2.05) is 30.3 Å². The Hall–Kier alpha value is -3.07. The predicted molar refractivity (Wildman–Crippen MR) is 108 cm³/mol. The quantitative estimate of drug-likeness (QED) is 0.351. The number of amides is 2. The van der Waals surface area contributed by atoms with Crippen molar-refractivity contribution in [2.24, 2.45) is 5.92 Å². The van der Waals surface area contributed by atoms with E-state index in [9.17, 15) is 24.0 Å². The molecule has 2 amide bonds. The molecule has 0 spiro atoms. The molecule has 0 heterocycles. The number of carboxylic acid groups (broad SMARTS) is 1. The number of carbonyl (C=O) groups excluding carboxylic acids is 4. The Bertz CT molecular complexity index is 734. The third-order valence-corrected chi connectivity index (χ3v) is 4.18. The van der Waals surface area contributed by atoms with Gasteiger partial charge in [-0.25, -0.2) is 4.79 Å². The molecule has 30 heavy (non-hydrogen) atoms. The summed E-state index contributed by atoms with van der Waals surface area (Å²) in [5.74, 6) is -3.08. The van der Waals surface area contributed by atoms with E-state index in [0.29, 0.717) is 6.42 Å². The van der Waals surface area contributed by atoms with E-state index in [2.05, 4.69) is 10.6 Å². The van der Waals surface area contributed by atoms with Crippen molar-refractivity contribution < 1.29 is 33.8 Å². The molecule has 0 aromatic heterocycles. The fraction of sp³-hybridized carbons (Fsp3) is 0.476. The Balaban J connectivity index is 2.58. The van der Waals surface area contributed by atoms with Crippen molar-refractivity contribution in [1.29, 1.82) is 0 Å². The van der Waals surface area contributed by atoms with Crippen LogP contribution in [0.1, 0.15) is 31.7 Å². The average Bonchev–Trinajstić information content (AvgIpc) is 2.73. The van der Waals surface area contributed by atoms with Gasteiger partial charge in [0, 0.05) is 25.2 Å². The Morgan fingerprint density at radius 1 is 1.00 bits per heavy atom. The van der Waals surface area contributed by atoms with E-state index >= 15 is 0 Å². The molecule has 9 nitrogen and oxygen atoms in total. The first-order chi connectivity index (χ1) is 14.3. The number of hydrogen-bond acceptors (Lipinski definition) is 6. The van der Waals surface area contributed by atoms with Crippen LogP contribution in [0.5, 0.6) is 0 Å². The van der Waals surface area contributed by atoms with Crippen molar-refractivity contribution in [2.75, 3.05) is 26.3 Å². The highest BCUT2D eigenvalue weighted by molar-refractivity contribution is 5.92. The minimum atomic E-state index is -1.13. The molecule has 0 unspecified atom stereocenters. The molecule has 9 heteroatoms. The van der Waals surface area contributed by atoms with E-state index in [-0.39, 0.29) is 56.4 Å². The van der Waals surface area contributed by atoms with E-state index in [1.165, 1.54) is 0 Å². The standard InChI is InChI=1S/C21H28N2O7/c1-2-19(26)22-13-18(25)11-16(10-15-6-4-3-5-7-15)21(29)23-12-17(24)8-9-30-14-20(27)28/h3-7,16H,2,8-14H2,1H3,(H,22,26)(H,23,29)(H,27,28)/t16-/m1/s1. The number of carbonyl (C=O) groups is 5. The van der Waals surface area contributed by atoms with Gasteiger partial charge in [-0.05, 0) is 12.0 Å². The summed E-state index contributed by atoms with van der Waals surface area (Å²) in [6.45, 7) is 0.751. The number of aliphatic carboxylic acids is 1. The van der Waals surface area contributed by atoms with Gasteiger partial charge in [-0.15, -0.1) is 0 Å². The molecule has 164 valence electrons. The van der Waals surface area contributed by atoms with Crippen LogP contribution in [0.4, 0.5) is 0 Å². The third kappa shape index (κ3) is 11.1. The second-order valence-corrected chi connectivity index (χ2v) is 6.71. The summed E-state index contributed by atoms with van der Waals surface area (Å²) in [7, 11) is 0. The number of carboxylic acids is 1. The van der Waals surface area contributed by atoms with Gasteiger partial charge in [-0.2, -0.15) is 0 Å². The number of ether oxygens (including phenoxy) is 1. The van der Waals surface area contributed by atoms with Crippen molar-refractivity contribution >= 4 is 29.4 Å². The van der Waals surface area contributed by atoms with Crippen molar-refractivity contribution in [3.8, 4) is 0 Å². The molecular formula is C21H28N2O7. The fourth-order valence-electron chi connectivity index (χ4n) is 2.59. The lowest BCUT2D eigenvalue weighted by Gasteiger charge is -2.16. The van der Waals surface area contributed by atoms with E-state index in [1.54, 1.807) is 6.92 Å². The minimum Gasteiger partial charge on any atom is -0.480 e. The summed E-state index contributed by atoms with van der Waals surface area (Å²) in [6.07, 6.45) is 0.481. The molecule has 0 aliphatic carbocycles. The highest BCUT2D eigenvalue weighted by atomic mass is 16.5. The third-order valence-electron chi connectivity index (χ3n) is 4.18. The smallest absolute Gasteiger partial charge is 0.329 e. The van der Waals surface area contributed by atoms with Crippen molar-refractivity contribution in [3.05, 3.63) is 35.9 Å². The lowest BCUT2D eigenvalue weighted by atomic mass is 9.93. The van der Waals surface area contributed by atoms with Gasteiger partial charge in [0.2, 0.25) is 11.8 Å². The van der Waals surface area contributed by atoms with Crippen LogP contribution in [0.25, 0.3) is 0 Å². The normalized spacial score (nSPS) is 11.4. The highest BCUT2D eigenvalue weighted by Gasteiger charge is 2.23. The first-order valence-corrected chi connectivity index (χ1v) is 9.73. The summed E-state index contributed by atoms with van der Waals surface area (Å²) in [5, 5.41) is 13.5. The number of benzene rings is 1. The van der Waals surface area contributed by atoms with E-state index in [0.717, 1.165) is 5.56 Å². The van der Waals surface area contributed by atoms with Gasteiger partial charge in [0.1, 0.15) is 6.61 Å². The first-order valence-electron chi connectivity index (χ1n) is 9.73. The second-order valence-electron chi connectivity index (χ2n) is 6.71. The van der Waals surface area contributed by atoms with Crippen LogP contribution in [0.15, 0.2) is 30.3 Å². The molecule has 0 bridgehead atoms. The SMILES string of the molecule is CCC(=O)NCC(=O)C[C@@H](Cc1ccccc1)C(=O)NCC(=O)CCOCC(=O)O. The van der Waals surface area contributed by atoms with Crippen LogP contribution in [-0.4, -0.2) is 60.8 Å². The summed E-state index contributed by atoms with van der Waals surface area (Å²) in [6, 6.07) is 9.18. The number of Topliss-reactive ketones (excluding diaryl/α,β-unsaturated/α-hetero) is 2. The molecule has 0 fully saturated rings. The number of nitrogens with one attached hydrogen (secondary N) is 2. The minimum absolute atomic E-state index is 0.0289. The Labute approximate surface area is 175 Å². The number of ketones is 2. The Morgan fingerprint density at radius 2 is 1.67 bits per heavy atom. The van der Waals surface area contributed by atoms with Crippen LogP contribution in [0.2, 0.25) is 0 Å². The Morgan fingerprint density at radius 3 is 2.30 bits per heavy atom. The van der Waals surface area contributed by atoms with Gasteiger partial charge < -0.3 is 20.5 Å². The van der Waals surface area contributed by atoms with Crippen LogP contribution in [0.3, 0.4) is 0 Å². The van der Waals surface area contributed by atoms with Gasteiger partial charge in [-0.3, -0.25) is 19.2 Å². The van der Waals surface area contributed by atoms with Crippen molar-refractivity contribution in [2.45, 2.75) is 32.6 Å². The molecule has 0 aliphatic rings. The van der Waals surface area contributed by atoms with Crippen LogP contribution >= 0.6 is 0 Å². The summed E-state index contributed by atoms with van der Waals surface area (Å²) >= 11 is 0. The van der Waals surface area contributed by atoms with Crippen molar-refractivity contribution in [3.63, 3.8) is 0 Å². The van der Waals surface area contributed by atoms with Crippen LogP contribution in [0, 0.1) is 5.92 Å². The summed E-state index contributed by atoms with van der Waals surface area (Å²) in [4.78, 5) is 58.3. The average molecular weight is 420 g/mol. The Kier molecular flexibility index (Phi) is 11.7. The molecule has 1 atom stereocenters. The fourth-order valence-corrected chi connectivity index (χ4v) is 2.59. The zero-order valence-electron chi connectivity index (χ0n) is 17.0. The van der Waals surface area contributed by atoms with Gasteiger partial charge in [0.15, 0.2) is 11.6 Å². The van der Waals surface area contributed by atoms with Gasteiger partial charge >= 0.3 is 5.97 Å². The van der Waals surface area contributed by atoms with E-state index < -0.39 is 24.4 Å². The molecule has 0 aliphatic heterocycles. The monoisotopic (exact) mass is 420 g/mol. The number of rotatable bonds is 15. The molecule has 1 rings (SSSR count). The molecule has 1 aromatic rings. The van der Waals surface area contributed by atoms with Gasteiger partial charge in [0.25, 0.3) is 0 Å². The molecule has 0 radical (unpaired) electrons. The largest absolute Gasteiger partial charge is 0.480 e. The van der Waals surface area contributed by atoms with E-state index in [4.69, 9.17) is 9.84 Å². The van der Waals surface area contributed by atoms with Crippen LogP contribution < -0.4 is 10.6 Å². The zero-order valence-corrected chi connectivity index (χ0v) is 17.0. The summed E-state index contributed by atoms with van der Waals surface area (Å²) in [5.41, 5.74) is 0.872. The molecule has 1 aromatic carbocycles. The lowest BCUT2D eigenvalue weighted by Crippen LogP contribution is -2.38. The first kappa shape index (κ1) is 25.0. The second kappa shape index (κ2) is 14.0. The van der Waals surface area contributed by atoms with Crippen LogP contribution in [-0.2, 0) is 35.1 Å². The molecule has 3 N–H and O–H groups in total. The highest BCUT2D eigenvalue weighted by Crippen LogP contribution is 2.13. The molecule has 0 saturated heterocycles. The van der Waals surface area contributed by atoms with Crippen molar-refractivity contribution in [1.82, 2.24) is 10.6 Å². The molecular weight excluding hydrogens is 392 g/mol. The lowest BCUT2D eigenvalue weighted by molar-refractivity contribution is -0.142.